The minimum Gasteiger partial charge on any atom is -0.382 e. The van der Waals surface area contributed by atoms with Gasteiger partial charge < -0.3 is 16.4 Å². The van der Waals surface area contributed by atoms with E-state index >= 15 is 0 Å². The SMILES string of the molecule is CC1CCCC1Nc1snc(N)c1C(=O)NC1CC1. The predicted molar refractivity (Wildman–Crippen MR) is 77.4 cm³/mol. The molecule has 0 radical (unpaired) electrons. The fourth-order valence-corrected chi connectivity index (χ4v) is 3.41. The Morgan fingerprint density at radius 2 is 2.16 bits per heavy atom. The van der Waals surface area contributed by atoms with Crippen molar-refractivity contribution in [3.63, 3.8) is 0 Å². The Morgan fingerprint density at radius 3 is 2.79 bits per heavy atom. The molecule has 1 aromatic heterocycles. The number of nitrogens with one attached hydrogen (secondary N) is 2. The molecule has 5 nitrogen and oxygen atoms in total. The summed E-state index contributed by atoms with van der Waals surface area (Å²) < 4.78 is 4.13. The molecule has 2 aliphatic rings. The Labute approximate surface area is 117 Å². The monoisotopic (exact) mass is 280 g/mol. The third-order valence-corrected chi connectivity index (χ3v) is 4.83. The van der Waals surface area contributed by atoms with E-state index < -0.39 is 0 Å². The van der Waals surface area contributed by atoms with E-state index in [2.05, 4.69) is 21.9 Å². The normalized spacial score (nSPS) is 26.4. The molecule has 2 fully saturated rings. The summed E-state index contributed by atoms with van der Waals surface area (Å²) in [5.74, 6) is 0.904. The van der Waals surface area contributed by atoms with Crippen molar-refractivity contribution in [2.24, 2.45) is 5.92 Å². The van der Waals surface area contributed by atoms with Crippen molar-refractivity contribution in [1.82, 2.24) is 9.69 Å². The van der Waals surface area contributed by atoms with Crippen LogP contribution in [0.25, 0.3) is 0 Å². The molecule has 1 aromatic rings. The second-order valence-corrected chi connectivity index (χ2v) is 6.45. The largest absolute Gasteiger partial charge is 0.382 e. The third kappa shape index (κ3) is 2.68. The van der Waals surface area contributed by atoms with Gasteiger partial charge in [0.05, 0.1) is 0 Å². The minimum atomic E-state index is -0.0816. The van der Waals surface area contributed by atoms with Crippen molar-refractivity contribution < 1.29 is 4.79 Å². The summed E-state index contributed by atoms with van der Waals surface area (Å²) >= 11 is 1.29. The quantitative estimate of drug-likeness (QED) is 0.790. The Hall–Kier alpha value is -1.30. The summed E-state index contributed by atoms with van der Waals surface area (Å²) in [4.78, 5) is 12.2. The average Bonchev–Trinajstić information content (AvgIpc) is 2.98. The van der Waals surface area contributed by atoms with Crippen molar-refractivity contribution in [1.29, 1.82) is 0 Å². The molecule has 0 aliphatic heterocycles. The van der Waals surface area contributed by atoms with Crippen molar-refractivity contribution in [3.8, 4) is 0 Å². The summed E-state index contributed by atoms with van der Waals surface area (Å²) in [6.45, 7) is 2.25. The molecule has 6 heteroatoms. The number of anilines is 2. The summed E-state index contributed by atoms with van der Waals surface area (Å²) in [5.41, 5.74) is 6.38. The zero-order valence-corrected chi connectivity index (χ0v) is 11.9. The summed E-state index contributed by atoms with van der Waals surface area (Å²) in [6, 6.07) is 0.775. The first-order valence-corrected chi connectivity index (χ1v) is 7.75. The van der Waals surface area contributed by atoms with E-state index in [1.54, 1.807) is 0 Å². The molecular formula is C13H20N4OS. The number of hydrogen-bond donors (Lipinski definition) is 3. The van der Waals surface area contributed by atoms with Crippen LogP contribution in [0.5, 0.6) is 0 Å². The lowest BCUT2D eigenvalue weighted by Crippen LogP contribution is -2.28. The molecule has 3 rings (SSSR count). The smallest absolute Gasteiger partial charge is 0.258 e. The van der Waals surface area contributed by atoms with Crippen molar-refractivity contribution in [2.45, 2.75) is 51.1 Å². The molecule has 1 amide bonds. The fourth-order valence-electron chi connectivity index (χ4n) is 2.63. The van der Waals surface area contributed by atoms with Gasteiger partial charge in [0.1, 0.15) is 10.6 Å². The number of carbonyl (C=O) groups excluding carboxylic acids is 1. The molecule has 0 spiro atoms. The maximum atomic E-state index is 12.2. The van der Waals surface area contributed by atoms with Crippen LogP contribution >= 0.6 is 11.5 Å². The van der Waals surface area contributed by atoms with E-state index in [-0.39, 0.29) is 5.91 Å². The first kappa shape index (κ1) is 12.7. The molecule has 4 N–H and O–H groups in total. The van der Waals surface area contributed by atoms with Gasteiger partial charge in [-0.3, -0.25) is 4.79 Å². The number of carbonyl (C=O) groups is 1. The standard InChI is InChI=1S/C13H20N4OS/c1-7-3-2-4-9(7)16-13-10(11(14)17-19-13)12(18)15-8-5-6-8/h7-9,16H,2-6H2,1H3,(H2,14,17)(H,15,18). The highest BCUT2D eigenvalue weighted by Crippen LogP contribution is 2.33. The van der Waals surface area contributed by atoms with Gasteiger partial charge in [0.25, 0.3) is 5.91 Å². The first-order valence-electron chi connectivity index (χ1n) is 6.97. The lowest BCUT2D eigenvalue weighted by molar-refractivity contribution is 0.0953. The maximum Gasteiger partial charge on any atom is 0.258 e. The predicted octanol–water partition coefficient (Wildman–Crippen LogP) is 2.22. The average molecular weight is 280 g/mol. The van der Waals surface area contributed by atoms with Gasteiger partial charge in [0.2, 0.25) is 0 Å². The molecule has 19 heavy (non-hydrogen) atoms. The highest BCUT2D eigenvalue weighted by atomic mass is 32.1. The number of aromatic nitrogens is 1. The summed E-state index contributed by atoms with van der Waals surface area (Å²) in [7, 11) is 0. The lowest BCUT2D eigenvalue weighted by Gasteiger charge is -2.18. The molecule has 0 saturated heterocycles. The van der Waals surface area contributed by atoms with E-state index in [1.165, 1.54) is 24.4 Å². The second kappa shape index (κ2) is 5.00. The highest BCUT2D eigenvalue weighted by Gasteiger charge is 2.30. The molecule has 1 heterocycles. The van der Waals surface area contributed by atoms with Gasteiger partial charge in [0.15, 0.2) is 5.82 Å². The van der Waals surface area contributed by atoms with Gasteiger partial charge in [-0.15, -0.1) is 0 Å². The van der Waals surface area contributed by atoms with E-state index in [4.69, 9.17) is 5.73 Å². The number of hydrogen-bond acceptors (Lipinski definition) is 5. The minimum absolute atomic E-state index is 0.0816. The van der Waals surface area contributed by atoms with Gasteiger partial charge in [-0.1, -0.05) is 13.3 Å². The van der Waals surface area contributed by atoms with Gasteiger partial charge >= 0.3 is 0 Å². The molecule has 2 aliphatic carbocycles. The Bertz CT molecular complexity index is 483. The number of rotatable bonds is 4. The number of nitrogens with two attached hydrogens (primary N) is 1. The Kier molecular flexibility index (Phi) is 3.35. The zero-order chi connectivity index (χ0) is 13.4. The van der Waals surface area contributed by atoms with E-state index in [9.17, 15) is 4.79 Å². The van der Waals surface area contributed by atoms with Crippen LogP contribution in [-0.2, 0) is 0 Å². The molecule has 0 aromatic carbocycles. The van der Waals surface area contributed by atoms with Gasteiger partial charge in [-0.2, -0.15) is 4.37 Å². The lowest BCUT2D eigenvalue weighted by atomic mass is 10.1. The summed E-state index contributed by atoms with van der Waals surface area (Å²) in [5, 5.41) is 7.28. The molecule has 0 bridgehead atoms. The van der Waals surface area contributed by atoms with Crippen LogP contribution in [0, 0.1) is 5.92 Å². The van der Waals surface area contributed by atoms with E-state index in [0.717, 1.165) is 24.3 Å². The molecule has 2 saturated carbocycles. The number of amides is 1. The van der Waals surface area contributed by atoms with Crippen molar-refractivity contribution in [2.75, 3.05) is 11.1 Å². The topological polar surface area (TPSA) is 80.0 Å². The van der Waals surface area contributed by atoms with Crippen LogP contribution in [-0.4, -0.2) is 22.4 Å². The second-order valence-electron chi connectivity index (χ2n) is 5.68. The van der Waals surface area contributed by atoms with Crippen LogP contribution in [0.4, 0.5) is 10.8 Å². The van der Waals surface area contributed by atoms with Gasteiger partial charge in [-0.25, -0.2) is 0 Å². The van der Waals surface area contributed by atoms with Crippen molar-refractivity contribution >= 4 is 28.3 Å². The van der Waals surface area contributed by atoms with Crippen LogP contribution in [0.3, 0.4) is 0 Å². The Balaban J connectivity index is 1.75. The maximum absolute atomic E-state index is 12.2. The highest BCUT2D eigenvalue weighted by molar-refractivity contribution is 7.11. The molecule has 2 atom stereocenters. The third-order valence-electron chi connectivity index (χ3n) is 4.04. The van der Waals surface area contributed by atoms with Crippen LogP contribution < -0.4 is 16.4 Å². The zero-order valence-electron chi connectivity index (χ0n) is 11.1. The van der Waals surface area contributed by atoms with E-state index in [1.807, 2.05) is 0 Å². The van der Waals surface area contributed by atoms with Crippen LogP contribution in [0.1, 0.15) is 49.4 Å². The van der Waals surface area contributed by atoms with Crippen molar-refractivity contribution in [3.05, 3.63) is 5.56 Å². The molecular weight excluding hydrogens is 260 g/mol. The van der Waals surface area contributed by atoms with E-state index in [0.29, 0.717) is 29.4 Å². The fraction of sp³-hybridized carbons (Fsp3) is 0.692. The summed E-state index contributed by atoms with van der Waals surface area (Å²) in [6.07, 6.45) is 5.80. The number of nitrogen functional groups attached to an aromatic ring is 1. The molecule has 2 unspecified atom stereocenters. The van der Waals surface area contributed by atoms with Crippen LogP contribution in [0.15, 0.2) is 0 Å². The first-order chi connectivity index (χ1) is 9.15. The Morgan fingerprint density at radius 1 is 1.37 bits per heavy atom. The van der Waals surface area contributed by atoms with Crippen LogP contribution in [0.2, 0.25) is 0 Å². The van der Waals surface area contributed by atoms with Gasteiger partial charge in [-0.05, 0) is 43.1 Å². The van der Waals surface area contributed by atoms with Gasteiger partial charge in [0, 0.05) is 12.1 Å². The number of nitrogens with zero attached hydrogens (tertiary/aromatic N) is 1. The molecule has 104 valence electrons.